The Kier molecular flexibility index (Phi) is 12.1. The normalized spacial score (nSPS) is 17.5. The first-order valence-electron chi connectivity index (χ1n) is 19.6. The molecule has 3 aromatic heterocycles. The highest BCUT2D eigenvalue weighted by atomic mass is 32.1. The number of thiophene rings is 2. The van der Waals surface area contributed by atoms with E-state index in [4.69, 9.17) is 4.63 Å². The molecule has 0 bridgehead atoms. The van der Waals surface area contributed by atoms with Gasteiger partial charge in [0.1, 0.15) is 19.1 Å². The predicted octanol–water partition coefficient (Wildman–Crippen LogP) is 12.8. The van der Waals surface area contributed by atoms with E-state index >= 15 is 0 Å². The summed E-state index contributed by atoms with van der Waals surface area (Å²) in [5.41, 5.74) is 2.14. The molecule has 0 N–H and O–H groups in total. The van der Waals surface area contributed by atoms with Crippen LogP contribution in [0.25, 0.3) is 31.2 Å². The van der Waals surface area contributed by atoms with E-state index < -0.39 is 13.5 Å². The molecular weight excluding hydrogens is 687 g/mol. The molecule has 9 heteroatoms. The minimum atomic E-state index is -2.19. The highest BCUT2D eigenvalue weighted by Crippen LogP contribution is 2.49. The van der Waals surface area contributed by atoms with Gasteiger partial charge in [-0.1, -0.05) is 134 Å². The highest BCUT2D eigenvalue weighted by Gasteiger charge is 2.48. The van der Waals surface area contributed by atoms with Crippen molar-refractivity contribution in [1.82, 2.24) is 10.3 Å². The van der Waals surface area contributed by atoms with Crippen LogP contribution < -0.4 is 10.4 Å². The largest absolute Gasteiger partial charge is 0.276 e. The van der Waals surface area contributed by atoms with Crippen LogP contribution in [-0.4, -0.2) is 23.3 Å². The minimum Gasteiger partial charge on any atom is -0.258 e. The van der Waals surface area contributed by atoms with Gasteiger partial charge < -0.3 is 0 Å². The van der Waals surface area contributed by atoms with E-state index in [1.54, 1.807) is 16.4 Å². The Morgan fingerprint density at radius 1 is 0.725 bits per heavy atom. The van der Waals surface area contributed by atoms with Crippen LogP contribution in [0.15, 0.2) is 22.8 Å². The Bertz CT molecular complexity index is 1800. The van der Waals surface area contributed by atoms with Gasteiger partial charge in [0.05, 0.1) is 10.5 Å². The number of rotatable bonds is 16. The first-order valence-corrected chi connectivity index (χ1v) is 23.6. The van der Waals surface area contributed by atoms with Crippen molar-refractivity contribution in [2.75, 3.05) is 0 Å². The second-order valence-corrected chi connectivity index (χ2v) is 25.1. The number of nitro benzene ring substituents is 1. The molecule has 0 aliphatic carbocycles. The zero-order valence-electron chi connectivity index (χ0n) is 33.5. The number of hydrogen-bond acceptors (Lipinski definition) is 7. The molecule has 4 heterocycles. The number of hydrogen-bond donors (Lipinski definition) is 0. The Balaban J connectivity index is 1.65. The summed E-state index contributed by atoms with van der Waals surface area (Å²) in [4.78, 5) is 17.7. The average molecular weight is 750 g/mol. The maximum atomic E-state index is 12.6. The molecule has 0 spiro atoms. The molecule has 1 aromatic carbocycles. The second-order valence-electron chi connectivity index (χ2n) is 18.8. The van der Waals surface area contributed by atoms with Gasteiger partial charge in [-0.15, -0.1) is 22.7 Å². The van der Waals surface area contributed by atoms with Crippen molar-refractivity contribution in [1.29, 1.82) is 0 Å². The molecule has 51 heavy (non-hydrogen) atoms. The third kappa shape index (κ3) is 8.56. The molecule has 4 aromatic rings. The van der Waals surface area contributed by atoms with Crippen LogP contribution in [-0.2, 0) is 10.8 Å². The van der Waals surface area contributed by atoms with Crippen molar-refractivity contribution in [3.63, 3.8) is 0 Å². The number of benzene rings is 1. The van der Waals surface area contributed by atoms with Gasteiger partial charge >= 0.3 is 0 Å². The zero-order valence-corrected chi connectivity index (χ0v) is 36.1. The van der Waals surface area contributed by atoms with Gasteiger partial charge in [0, 0.05) is 31.1 Å². The lowest BCUT2D eigenvalue weighted by molar-refractivity contribution is -0.385. The van der Waals surface area contributed by atoms with Crippen LogP contribution in [0.1, 0.15) is 145 Å². The summed E-state index contributed by atoms with van der Waals surface area (Å²) in [5.74, 6) is 2.88. The SMILES string of the molecule is CC(C)CCCC(C)CC[Si]1(CCC(C)CCCC(C)C)c2cc(-c3cc([N+](=O)[O-])c(C(C)(C)C)c4nonc34)sc2-c2sc(C(C)(C)C)cc21. The zero-order chi connectivity index (χ0) is 37.5. The summed E-state index contributed by atoms with van der Waals surface area (Å²) in [5, 5.41) is 24.4. The molecule has 0 fully saturated rings. The van der Waals surface area contributed by atoms with E-state index in [9.17, 15) is 10.1 Å². The van der Waals surface area contributed by atoms with Crippen molar-refractivity contribution in [3.8, 4) is 20.2 Å². The molecular formula is C42H63N3O3S2Si. The number of fused-ring (bicyclic) bond motifs is 4. The number of nitro groups is 1. The molecule has 1 aliphatic rings. The monoisotopic (exact) mass is 749 g/mol. The van der Waals surface area contributed by atoms with Gasteiger partial charge in [0.15, 0.2) is 0 Å². The van der Waals surface area contributed by atoms with Crippen molar-refractivity contribution < 1.29 is 9.55 Å². The molecule has 1 aliphatic heterocycles. The van der Waals surface area contributed by atoms with E-state index in [1.165, 1.54) is 78.1 Å². The van der Waals surface area contributed by atoms with Crippen molar-refractivity contribution in [3.05, 3.63) is 38.8 Å². The van der Waals surface area contributed by atoms with Gasteiger partial charge in [-0.2, -0.15) is 0 Å². The van der Waals surface area contributed by atoms with Gasteiger partial charge in [0.25, 0.3) is 5.69 Å². The van der Waals surface area contributed by atoms with Gasteiger partial charge in [0.2, 0.25) is 0 Å². The standard InChI is InChI=1S/C42H63N3O3S2Si/c1-26(2)15-13-17-28(5)19-21-51(22-20-29(6)18-14-16-27(3)4)33-24-32(49-39(33)40-34(51)25-35(50-40)41(7,8)9)30-23-31(45(46)47)36(42(10,11)12)38-37(30)43-48-44-38/h23-29H,13-22H2,1-12H3. The Hall–Kier alpha value is -2.36. The van der Waals surface area contributed by atoms with Crippen LogP contribution in [0.4, 0.5) is 5.69 Å². The van der Waals surface area contributed by atoms with Crippen molar-refractivity contribution >= 4 is 57.8 Å². The first-order chi connectivity index (χ1) is 23.8. The third-order valence-electron chi connectivity index (χ3n) is 11.3. The molecule has 2 unspecified atom stereocenters. The van der Waals surface area contributed by atoms with Crippen LogP contribution in [0.3, 0.4) is 0 Å². The fourth-order valence-electron chi connectivity index (χ4n) is 8.16. The van der Waals surface area contributed by atoms with E-state index in [1.807, 2.05) is 43.4 Å². The van der Waals surface area contributed by atoms with Crippen LogP contribution >= 0.6 is 22.7 Å². The highest BCUT2D eigenvalue weighted by molar-refractivity contribution is 7.30. The van der Waals surface area contributed by atoms with Crippen LogP contribution in [0, 0.1) is 33.8 Å². The molecule has 0 saturated carbocycles. The van der Waals surface area contributed by atoms with E-state index in [0.29, 0.717) is 28.4 Å². The van der Waals surface area contributed by atoms with Gasteiger partial charge in [-0.05, 0) is 79.4 Å². The summed E-state index contributed by atoms with van der Waals surface area (Å²) in [7, 11) is -2.19. The summed E-state index contributed by atoms with van der Waals surface area (Å²) >= 11 is 3.81. The molecule has 2 atom stereocenters. The second kappa shape index (κ2) is 15.5. The number of aromatic nitrogens is 2. The fraction of sp³-hybridized carbons (Fsp3) is 0.667. The maximum absolute atomic E-state index is 12.6. The quantitative estimate of drug-likeness (QED) is 0.0647. The topological polar surface area (TPSA) is 82.1 Å². The van der Waals surface area contributed by atoms with Crippen molar-refractivity contribution in [2.45, 2.75) is 157 Å². The fourth-order valence-corrected chi connectivity index (χ4v) is 17.9. The smallest absolute Gasteiger partial charge is 0.258 e. The van der Waals surface area contributed by atoms with Crippen LogP contribution in [0.2, 0.25) is 12.1 Å². The Morgan fingerprint density at radius 2 is 1.25 bits per heavy atom. The van der Waals surface area contributed by atoms with E-state index in [2.05, 4.69) is 84.8 Å². The third-order valence-corrected chi connectivity index (χ3v) is 19.6. The summed E-state index contributed by atoms with van der Waals surface area (Å²) in [6, 6.07) is 9.33. The van der Waals surface area contributed by atoms with Crippen LogP contribution in [0.5, 0.6) is 0 Å². The lowest BCUT2D eigenvalue weighted by atomic mass is 9.84. The predicted molar refractivity (Wildman–Crippen MR) is 222 cm³/mol. The average Bonchev–Trinajstić information content (AvgIpc) is 3.80. The molecule has 0 radical (unpaired) electrons. The van der Waals surface area contributed by atoms with E-state index in [0.717, 1.165) is 22.3 Å². The summed E-state index contributed by atoms with van der Waals surface area (Å²) in [6.07, 6.45) is 10.3. The van der Waals surface area contributed by atoms with Gasteiger partial charge in [-0.25, -0.2) is 4.63 Å². The molecule has 280 valence electrons. The maximum Gasteiger partial charge on any atom is 0.276 e. The lowest BCUT2D eigenvalue weighted by Crippen LogP contribution is -2.55. The summed E-state index contributed by atoms with van der Waals surface area (Å²) < 4.78 is 5.33. The lowest BCUT2D eigenvalue weighted by Gasteiger charge is -2.31. The first kappa shape index (κ1) is 39.8. The molecule has 0 amide bonds. The molecule has 5 rings (SSSR count). The number of nitrogens with zero attached hydrogens (tertiary/aromatic N) is 3. The molecule has 0 saturated heterocycles. The molecule has 6 nitrogen and oxygen atoms in total. The minimum absolute atomic E-state index is 0.0750. The Labute approximate surface area is 316 Å². The van der Waals surface area contributed by atoms with Crippen molar-refractivity contribution in [2.24, 2.45) is 23.7 Å². The van der Waals surface area contributed by atoms with Gasteiger partial charge in [-0.3, -0.25) is 10.1 Å². The Morgan fingerprint density at radius 3 is 1.76 bits per heavy atom. The van der Waals surface area contributed by atoms with E-state index in [-0.39, 0.29) is 16.0 Å². The summed E-state index contributed by atoms with van der Waals surface area (Å²) in [6.45, 7) is 27.3.